The Morgan fingerprint density at radius 1 is 1.53 bits per heavy atom. The molecule has 5 heteroatoms. The molecular formula is C12H18ClN3O. The first-order valence-electron chi connectivity index (χ1n) is 5.69. The number of rotatable bonds is 5. The van der Waals surface area contributed by atoms with Gasteiger partial charge in [0.15, 0.2) is 0 Å². The van der Waals surface area contributed by atoms with Crippen LogP contribution in [0.5, 0.6) is 0 Å². The molecule has 1 rings (SSSR count). The van der Waals surface area contributed by atoms with Crippen molar-refractivity contribution in [3.05, 3.63) is 29.3 Å². The quantitative estimate of drug-likeness (QED) is 0.850. The minimum absolute atomic E-state index is 0.122. The van der Waals surface area contributed by atoms with Crippen molar-refractivity contribution >= 4 is 23.3 Å². The number of carbonyl (C=O) groups is 1. The lowest BCUT2D eigenvalue weighted by atomic mass is 10.3. The third-order valence-electron chi connectivity index (χ3n) is 2.38. The van der Waals surface area contributed by atoms with E-state index in [0.29, 0.717) is 30.3 Å². The summed E-state index contributed by atoms with van der Waals surface area (Å²) in [6.07, 6.45) is 0.802. The van der Waals surface area contributed by atoms with Gasteiger partial charge in [0.2, 0.25) is 0 Å². The maximum Gasteiger partial charge on any atom is 0.321 e. The number of urea groups is 1. The number of anilines is 1. The van der Waals surface area contributed by atoms with Gasteiger partial charge in [-0.2, -0.15) is 0 Å². The van der Waals surface area contributed by atoms with E-state index in [-0.39, 0.29) is 6.03 Å². The molecule has 0 fully saturated rings. The molecule has 0 heterocycles. The van der Waals surface area contributed by atoms with Crippen LogP contribution < -0.4 is 11.1 Å². The zero-order valence-electron chi connectivity index (χ0n) is 9.95. The second kappa shape index (κ2) is 7.14. The van der Waals surface area contributed by atoms with E-state index in [0.717, 1.165) is 6.42 Å². The SMILES string of the molecule is CCN(CCCN)C(=O)Nc1cccc(Cl)c1. The Labute approximate surface area is 107 Å². The van der Waals surface area contributed by atoms with E-state index in [1.54, 1.807) is 29.2 Å². The molecule has 0 aliphatic rings. The van der Waals surface area contributed by atoms with Crippen LogP contribution in [0, 0.1) is 0 Å². The van der Waals surface area contributed by atoms with E-state index < -0.39 is 0 Å². The van der Waals surface area contributed by atoms with Crippen molar-refractivity contribution in [2.45, 2.75) is 13.3 Å². The van der Waals surface area contributed by atoms with Crippen LogP contribution in [0.3, 0.4) is 0 Å². The Balaban J connectivity index is 2.57. The molecule has 0 aromatic heterocycles. The number of amides is 2. The highest BCUT2D eigenvalue weighted by atomic mass is 35.5. The van der Waals surface area contributed by atoms with Crippen LogP contribution in [0.1, 0.15) is 13.3 Å². The van der Waals surface area contributed by atoms with Gasteiger partial charge < -0.3 is 16.0 Å². The van der Waals surface area contributed by atoms with E-state index in [1.807, 2.05) is 6.92 Å². The molecule has 1 aromatic carbocycles. The molecule has 0 bridgehead atoms. The van der Waals surface area contributed by atoms with E-state index in [2.05, 4.69) is 5.32 Å². The molecule has 3 N–H and O–H groups in total. The van der Waals surface area contributed by atoms with E-state index in [9.17, 15) is 4.79 Å². The lowest BCUT2D eigenvalue weighted by molar-refractivity contribution is 0.214. The molecule has 2 amide bonds. The van der Waals surface area contributed by atoms with Gasteiger partial charge in [0, 0.05) is 23.8 Å². The number of benzene rings is 1. The van der Waals surface area contributed by atoms with Gasteiger partial charge in [-0.25, -0.2) is 4.79 Å². The molecule has 0 atom stereocenters. The van der Waals surface area contributed by atoms with Crippen molar-refractivity contribution in [1.82, 2.24) is 4.90 Å². The highest BCUT2D eigenvalue weighted by molar-refractivity contribution is 6.30. The van der Waals surface area contributed by atoms with Crippen molar-refractivity contribution in [2.24, 2.45) is 5.73 Å². The maximum atomic E-state index is 11.9. The molecule has 0 saturated carbocycles. The summed E-state index contributed by atoms with van der Waals surface area (Å²) in [7, 11) is 0. The largest absolute Gasteiger partial charge is 0.330 e. The van der Waals surface area contributed by atoms with E-state index in [4.69, 9.17) is 17.3 Å². The number of hydrogen-bond acceptors (Lipinski definition) is 2. The zero-order chi connectivity index (χ0) is 12.7. The number of halogens is 1. The monoisotopic (exact) mass is 255 g/mol. The topological polar surface area (TPSA) is 58.4 Å². The molecule has 0 aliphatic carbocycles. The lowest BCUT2D eigenvalue weighted by Gasteiger charge is -2.21. The number of hydrogen-bond donors (Lipinski definition) is 2. The summed E-state index contributed by atoms with van der Waals surface area (Å²) in [4.78, 5) is 13.6. The van der Waals surface area contributed by atoms with Gasteiger partial charge in [0.05, 0.1) is 0 Å². The molecule has 0 unspecified atom stereocenters. The van der Waals surface area contributed by atoms with Gasteiger partial charge >= 0.3 is 6.03 Å². The first-order chi connectivity index (χ1) is 8.17. The summed E-state index contributed by atoms with van der Waals surface area (Å²) in [6, 6.07) is 6.97. The molecule has 17 heavy (non-hydrogen) atoms. The average Bonchev–Trinajstić information content (AvgIpc) is 2.30. The Bertz CT molecular complexity index is 371. The van der Waals surface area contributed by atoms with Crippen LogP contribution in [-0.4, -0.2) is 30.6 Å². The van der Waals surface area contributed by atoms with Crippen molar-refractivity contribution < 1.29 is 4.79 Å². The molecule has 0 saturated heterocycles. The van der Waals surface area contributed by atoms with Crippen LogP contribution in [0.2, 0.25) is 5.02 Å². The van der Waals surface area contributed by atoms with E-state index >= 15 is 0 Å². The Kier molecular flexibility index (Phi) is 5.80. The van der Waals surface area contributed by atoms with E-state index in [1.165, 1.54) is 0 Å². The smallest absolute Gasteiger partial charge is 0.321 e. The van der Waals surface area contributed by atoms with Crippen LogP contribution in [0.15, 0.2) is 24.3 Å². The second-order valence-corrected chi connectivity index (χ2v) is 4.10. The molecule has 0 radical (unpaired) electrons. The number of nitrogens with one attached hydrogen (secondary N) is 1. The van der Waals surface area contributed by atoms with Crippen molar-refractivity contribution in [2.75, 3.05) is 25.0 Å². The first-order valence-corrected chi connectivity index (χ1v) is 6.06. The molecular weight excluding hydrogens is 238 g/mol. The standard InChI is InChI=1S/C12H18ClN3O/c1-2-16(8-4-7-14)12(17)15-11-6-3-5-10(13)9-11/h3,5-6,9H,2,4,7-8,14H2,1H3,(H,15,17). The Morgan fingerprint density at radius 3 is 2.88 bits per heavy atom. The van der Waals surface area contributed by atoms with Gasteiger partial charge in [-0.15, -0.1) is 0 Å². The minimum Gasteiger partial charge on any atom is -0.330 e. The summed E-state index contributed by atoms with van der Waals surface area (Å²) >= 11 is 5.84. The predicted octanol–water partition coefficient (Wildman–Crippen LogP) is 2.54. The summed E-state index contributed by atoms with van der Waals surface area (Å²) in [5.74, 6) is 0. The number of carbonyl (C=O) groups excluding carboxylic acids is 1. The molecule has 0 aliphatic heterocycles. The Morgan fingerprint density at radius 2 is 2.29 bits per heavy atom. The van der Waals surface area contributed by atoms with Gasteiger partial charge in [0.1, 0.15) is 0 Å². The summed E-state index contributed by atoms with van der Waals surface area (Å²) in [6.45, 7) is 3.85. The van der Waals surface area contributed by atoms with Crippen LogP contribution >= 0.6 is 11.6 Å². The fourth-order valence-corrected chi connectivity index (χ4v) is 1.64. The molecule has 4 nitrogen and oxygen atoms in total. The summed E-state index contributed by atoms with van der Waals surface area (Å²) in [5.41, 5.74) is 6.13. The maximum absolute atomic E-state index is 11.9. The van der Waals surface area contributed by atoms with Gasteiger partial charge in [-0.05, 0) is 38.1 Å². The van der Waals surface area contributed by atoms with Crippen LogP contribution in [-0.2, 0) is 0 Å². The third kappa shape index (κ3) is 4.63. The fourth-order valence-electron chi connectivity index (χ4n) is 1.45. The van der Waals surface area contributed by atoms with Gasteiger partial charge in [0.25, 0.3) is 0 Å². The van der Waals surface area contributed by atoms with Crippen LogP contribution in [0.25, 0.3) is 0 Å². The van der Waals surface area contributed by atoms with Crippen molar-refractivity contribution in [3.8, 4) is 0 Å². The first kappa shape index (κ1) is 13.8. The fraction of sp³-hybridized carbons (Fsp3) is 0.417. The molecule has 0 spiro atoms. The zero-order valence-corrected chi connectivity index (χ0v) is 10.7. The lowest BCUT2D eigenvalue weighted by Crippen LogP contribution is -2.36. The van der Waals surface area contributed by atoms with Crippen LogP contribution in [0.4, 0.5) is 10.5 Å². The number of nitrogens with two attached hydrogens (primary N) is 1. The van der Waals surface area contributed by atoms with Crippen molar-refractivity contribution in [3.63, 3.8) is 0 Å². The third-order valence-corrected chi connectivity index (χ3v) is 2.61. The minimum atomic E-state index is -0.122. The summed E-state index contributed by atoms with van der Waals surface area (Å²) in [5, 5.41) is 3.41. The van der Waals surface area contributed by atoms with Gasteiger partial charge in [-0.1, -0.05) is 17.7 Å². The second-order valence-electron chi connectivity index (χ2n) is 3.66. The normalized spacial score (nSPS) is 10.1. The molecule has 1 aromatic rings. The van der Waals surface area contributed by atoms with Gasteiger partial charge in [-0.3, -0.25) is 0 Å². The number of nitrogens with zero attached hydrogens (tertiary/aromatic N) is 1. The van der Waals surface area contributed by atoms with Crippen molar-refractivity contribution in [1.29, 1.82) is 0 Å². The summed E-state index contributed by atoms with van der Waals surface area (Å²) < 4.78 is 0. The highest BCUT2D eigenvalue weighted by Gasteiger charge is 2.10. The predicted molar refractivity (Wildman–Crippen MR) is 71.4 cm³/mol. The Hall–Kier alpha value is -1.26. The average molecular weight is 256 g/mol. The highest BCUT2D eigenvalue weighted by Crippen LogP contribution is 2.15. The molecule has 94 valence electrons.